The molecule has 3 heteroatoms. The van der Waals surface area contributed by atoms with Crippen LogP contribution in [0, 0.1) is 23.2 Å². The van der Waals surface area contributed by atoms with Crippen LogP contribution in [0.1, 0.15) is 39.5 Å². The second kappa shape index (κ2) is 5.75. The number of amides is 1. The quantitative estimate of drug-likeness (QED) is 0.671. The Kier molecular flexibility index (Phi) is 4.61. The maximum absolute atomic E-state index is 12.0. The van der Waals surface area contributed by atoms with Crippen LogP contribution in [0.5, 0.6) is 0 Å². The molecule has 1 saturated carbocycles. The molecule has 0 radical (unpaired) electrons. The Labute approximate surface area is 92.1 Å². The molecule has 1 rings (SSSR count). The van der Waals surface area contributed by atoms with Crippen molar-refractivity contribution in [1.82, 2.24) is 4.90 Å². The lowest BCUT2D eigenvalue weighted by molar-refractivity contribution is -0.134. The smallest absolute Gasteiger partial charge is 0.239 e. The molecular weight excluding hydrogens is 188 g/mol. The van der Waals surface area contributed by atoms with Crippen molar-refractivity contribution in [2.24, 2.45) is 11.8 Å². The van der Waals surface area contributed by atoms with Crippen LogP contribution in [-0.4, -0.2) is 23.9 Å². The number of carbonyl (C=O) groups is 1. The predicted octanol–water partition coefficient (Wildman–Crippen LogP) is 2.18. The molecule has 0 aromatic heterocycles. The summed E-state index contributed by atoms with van der Waals surface area (Å²) in [6, 6.07) is 2.09. The summed E-state index contributed by atoms with van der Waals surface area (Å²) in [4.78, 5) is 13.8. The first kappa shape index (κ1) is 12.0. The van der Waals surface area contributed by atoms with Gasteiger partial charge in [-0.15, -0.1) is 0 Å². The second-order valence-corrected chi connectivity index (χ2v) is 4.32. The summed E-state index contributed by atoms with van der Waals surface area (Å²) in [7, 11) is 0. The van der Waals surface area contributed by atoms with Crippen LogP contribution in [0.3, 0.4) is 0 Å². The van der Waals surface area contributed by atoms with Gasteiger partial charge in [0.2, 0.25) is 5.91 Å². The highest BCUT2D eigenvalue weighted by Gasteiger charge is 2.29. The molecule has 1 amide bonds. The van der Waals surface area contributed by atoms with Crippen LogP contribution in [0.4, 0.5) is 0 Å². The summed E-state index contributed by atoms with van der Waals surface area (Å²) in [6.07, 6.45) is 4.09. The number of hydrogen-bond donors (Lipinski definition) is 0. The van der Waals surface area contributed by atoms with E-state index < -0.39 is 5.92 Å². The largest absolute Gasteiger partial charge is 0.341 e. The van der Waals surface area contributed by atoms with Gasteiger partial charge in [0.1, 0.15) is 5.92 Å². The standard InChI is InChI=1S/C12H20N2O/c1-3-7-14(9-10-5-6-10)12(15)11(4-2)8-13/h10-11H,3-7,9H2,1-2H3. The minimum Gasteiger partial charge on any atom is -0.341 e. The van der Waals surface area contributed by atoms with Gasteiger partial charge >= 0.3 is 0 Å². The van der Waals surface area contributed by atoms with Crippen molar-refractivity contribution in [1.29, 1.82) is 5.26 Å². The molecule has 0 bridgehead atoms. The van der Waals surface area contributed by atoms with E-state index in [0.717, 1.165) is 19.5 Å². The van der Waals surface area contributed by atoms with Crippen molar-refractivity contribution in [3.63, 3.8) is 0 Å². The number of rotatable bonds is 6. The van der Waals surface area contributed by atoms with E-state index in [9.17, 15) is 4.79 Å². The predicted molar refractivity (Wildman–Crippen MR) is 59.0 cm³/mol. The van der Waals surface area contributed by atoms with Gasteiger partial charge in [0, 0.05) is 13.1 Å². The maximum atomic E-state index is 12.0. The van der Waals surface area contributed by atoms with E-state index in [4.69, 9.17) is 5.26 Å². The fraction of sp³-hybridized carbons (Fsp3) is 0.833. The molecule has 1 aliphatic rings. The van der Waals surface area contributed by atoms with Crippen LogP contribution in [-0.2, 0) is 4.79 Å². The molecule has 0 N–H and O–H groups in total. The van der Waals surface area contributed by atoms with Gasteiger partial charge < -0.3 is 4.90 Å². The van der Waals surface area contributed by atoms with E-state index in [-0.39, 0.29) is 5.91 Å². The first-order valence-corrected chi connectivity index (χ1v) is 5.91. The van der Waals surface area contributed by atoms with E-state index in [1.54, 1.807) is 0 Å². The van der Waals surface area contributed by atoms with E-state index in [1.807, 2.05) is 11.8 Å². The molecule has 0 saturated heterocycles. The molecule has 84 valence electrons. The number of nitriles is 1. The van der Waals surface area contributed by atoms with E-state index in [2.05, 4.69) is 13.0 Å². The Morgan fingerprint density at radius 3 is 2.60 bits per heavy atom. The monoisotopic (exact) mass is 208 g/mol. The third-order valence-corrected chi connectivity index (χ3v) is 2.84. The summed E-state index contributed by atoms with van der Waals surface area (Å²) >= 11 is 0. The van der Waals surface area contributed by atoms with Crippen molar-refractivity contribution < 1.29 is 4.79 Å². The van der Waals surface area contributed by atoms with Crippen LogP contribution < -0.4 is 0 Å². The Bertz CT molecular complexity index is 253. The van der Waals surface area contributed by atoms with Crippen molar-refractivity contribution in [3.05, 3.63) is 0 Å². The first-order chi connectivity index (χ1) is 7.22. The molecule has 1 aliphatic carbocycles. The lowest BCUT2D eigenvalue weighted by Crippen LogP contribution is -2.37. The Hall–Kier alpha value is -1.04. The van der Waals surface area contributed by atoms with Gasteiger partial charge in [-0.05, 0) is 31.6 Å². The Morgan fingerprint density at radius 1 is 1.53 bits per heavy atom. The lowest BCUT2D eigenvalue weighted by atomic mass is 10.1. The molecule has 1 unspecified atom stereocenters. The van der Waals surface area contributed by atoms with Crippen LogP contribution in [0.25, 0.3) is 0 Å². The van der Waals surface area contributed by atoms with Gasteiger partial charge in [0.05, 0.1) is 6.07 Å². The fourth-order valence-electron chi connectivity index (χ4n) is 1.71. The SMILES string of the molecule is CCCN(CC1CC1)C(=O)C(C#N)CC. The Balaban J connectivity index is 2.52. The van der Waals surface area contributed by atoms with Crippen molar-refractivity contribution in [2.75, 3.05) is 13.1 Å². The number of hydrogen-bond acceptors (Lipinski definition) is 2. The lowest BCUT2D eigenvalue weighted by Gasteiger charge is -2.23. The first-order valence-electron chi connectivity index (χ1n) is 5.91. The molecule has 1 atom stereocenters. The van der Waals surface area contributed by atoms with Gasteiger partial charge in [-0.3, -0.25) is 4.79 Å². The van der Waals surface area contributed by atoms with Crippen LogP contribution in [0.15, 0.2) is 0 Å². The highest BCUT2D eigenvalue weighted by Crippen LogP contribution is 2.30. The summed E-state index contributed by atoms with van der Waals surface area (Å²) in [5.74, 6) is 0.306. The van der Waals surface area contributed by atoms with Crippen LogP contribution in [0.2, 0.25) is 0 Å². The van der Waals surface area contributed by atoms with E-state index in [1.165, 1.54) is 12.8 Å². The summed E-state index contributed by atoms with van der Waals surface area (Å²) in [5.41, 5.74) is 0. The zero-order valence-corrected chi connectivity index (χ0v) is 9.70. The van der Waals surface area contributed by atoms with Crippen LogP contribution >= 0.6 is 0 Å². The number of nitrogens with zero attached hydrogens (tertiary/aromatic N) is 2. The zero-order chi connectivity index (χ0) is 11.3. The topological polar surface area (TPSA) is 44.1 Å². The minimum absolute atomic E-state index is 0.0359. The normalized spacial score (nSPS) is 16.9. The minimum atomic E-state index is -0.435. The van der Waals surface area contributed by atoms with Crippen molar-refractivity contribution in [3.8, 4) is 6.07 Å². The fourth-order valence-corrected chi connectivity index (χ4v) is 1.71. The molecule has 3 nitrogen and oxygen atoms in total. The van der Waals surface area contributed by atoms with E-state index >= 15 is 0 Å². The summed E-state index contributed by atoms with van der Waals surface area (Å²) < 4.78 is 0. The molecular formula is C12H20N2O. The maximum Gasteiger partial charge on any atom is 0.239 e. The third kappa shape index (κ3) is 3.54. The molecule has 0 spiro atoms. The zero-order valence-electron chi connectivity index (χ0n) is 9.70. The number of carbonyl (C=O) groups excluding carboxylic acids is 1. The van der Waals surface area contributed by atoms with E-state index in [0.29, 0.717) is 12.3 Å². The molecule has 0 aliphatic heterocycles. The van der Waals surface area contributed by atoms with Gasteiger partial charge in [-0.25, -0.2) is 0 Å². The third-order valence-electron chi connectivity index (χ3n) is 2.84. The molecule has 1 fully saturated rings. The average molecular weight is 208 g/mol. The summed E-state index contributed by atoms with van der Waals surface area (Å²) in [5, 5.41) is 8.87. The van der Waals surface area contributed by atoms with Gasteiger partial charge in [-0.1, -0.05) is 13.8 Å². The van der Waals surface area contributed by atoms with Gasteiger partial charge in [0.25, 0.3) is 0 Å². The Morgan fingerprint density at radius 2 is 2.20 bits per heavy atom. The summed E-state index contributed by atoms with van der Waals surface area (Å²) in [6.45, 7) is 5.63. The highest BCUT2D eigenvalue weighted by molar-refractivity contribution is 5.81. The van der Waals surface area contributed by atoms with Crippen molar-refractivity contribution >= 4 is 5.91 Å². The van der Waals surface area contributed by atoms with Gasteiger partial charge in [0.15, 0.2) is 0 Å². The average Bonchev–Trinajstić information content (AvgIpc) is 3.03. The molecule has 15 heavy (non-hydrogen) atoms. The molecule has 0 aromatic carbocycles. The molecule has 0 aromatic rings. The molecule has 0 heterocycles. The van der Waals surface area contributed by atoms with Gasteiger partial charge in [-0.2, -0.15) is 5.26 Å². The van der Waals surface area contributed by atoms with Crippen molar-refractivity contribution in [2.45, 2.75) is 39.5 Å². The highest BCUT2D eigenvalue weighted by atomic mass is 16.2. The second-order valence-electron chi connectivity index (χ2n) is 4.32.